The molecule has 0 aliphatic carbocycles. The van der Waals surface area contributed by atoms with Crippen molar-refractivity contribution in [1.82, 2.24) is 0 Å². The van der Waals surface area contributed by atoms with E-state index in [4.69, 9.17) is 10.2 Å². The van der Waals surface area contributed by atoms with E-state index in [-0.39, 0.29) is 12.9 Å². The van der Waals surface area contributed by atoms with Crippen LogP contribution in [-0.4, -0.2) is 34.2 Å². The molecule has 6 heteroatoms. The molecule has 0 aromatic carbocycles. The lowest BCUT2D eigenvalue weighted by atomic mass is 10.0. The van der Waals surface area contributed by atoms with E-state index in [1.54, 1.807) is 0 Å². The van der Waals surface area contributed by atoms with Gasteiger partial charge in [-0.1, -0.05) is 6.92 Å². The van der Waals surface area contributed by atoms with Gasteiger partial charge in [-0.05, 0) is 0 Å². The molecule has 2 N–H and O–H groups in total. The lowest BCUT2D eigenvalue weighted by Gasteiger charge is -2.20. The van der Waals surface area contributed by atoms with Crippen molar-refractivity contribution in [3.8, 4) is 0 Å². The molecule has 0 fully saturated rings. The van der Waals surface area contributed by atoms with Gasteiger partial charge in [-0.15, -0.1) is 0 Å². The van der Waals surface area contributed by atoms with Crippen LogP contribution in [0.4, 0.5) is 0 Å². The van der Waals surface area contributed by atoms with Crippen LogP contribution in [0.2, 0.25) is 0 Å². The third-order valence-corrected chi connectivity index (χ3v) is 1.44. The van der Waals surface area contributed by atoms with Gasteiger partial charge in [0.2, 0.25) is 0 Å². The van der Waals surface area contributed by atoms with Crippen LogP contribution in [0.5, 0.6) is 0 Å². The van der Waals surface area contributed by atoms with Crippen molar-refractivity contribution in [2.75, 3.05) is 0 Å². The molecule has 68 valence electrons. The lowest BCUT2D eigenvalue weighted by Crippen LogP contribution is -2.48. The van der Waals surface area contributed by atoms with Crippen LogP contribution >= 0.6 is 0 Å². The average molecular weight is 176 g/mol. The average Bonchev–Trinajstić information content (AvgIpc) is 1.98. The van der Waals surface area contributed by atoms with Crippen LogP contribution in [0, 0.1) is 0 Å². The highest BCUT2D eigenvalue weighted by Crippen LogP contribution is 2.15. The number of carboxylic acids is 2. The summed E-state index contributed by atoms with van der Waals surface area (Å²) in [5.41, 5.74) is -2.44. The minimum atomic E-state index is -2.44. The topological polar surface area (TPSA) is 101 Å². The molecule has 0 heterocycles. The molecule has 0 amide bonds. The van der Waals surface area contributed by atoms with Crippen molar-refractivity contribution in [2.45, 2.75) is 18.9 Å². The molecule has 0 bridgehead atoms. The highest BCUT2D eigenvalue weighted by molar-refractivity contribution is 6.02. The Labute approximate surface area is 67.8 Å². The zero-order valence-corrected chi connectivity index (χ0v) is 6.31. The van der Waals surface area contributed by atoms with Crippen LogP contribution in [-0.2, 0) is 19.1 Å². The van der Waals surface area contributed by atoms with Gasteiger partial charge in [0.1, 0.15) is 0 Å². The molecule has 0 aliphatic rings. The van der Waals surface area contributed by atoms with Crippen molar-refractivity contribution in [2.24, 2.45) is 0 Å². The van der Waals surface area contributed by atoms with E-state index in [2.05, 4.69) is 4.74 Å². The Hall–Kier alpha value is -1.59. The number of rotatable bonds is 5. The Bertz CT molecular complexity index is 194. The Morgan fingerprint density at radius 2 is 1.83 bits per heavy atom. The van der Waals surface area contributed by atoms with Crippen LogP contribution in [0.3, 0.4) is 0 Å². The second-order valence-electron chi connectivity index (χ2n) is 2.00. The molecule has 0 saturated carbocycles. The molecule has 0 atom stereocenters. The molecule has 0 spiro atoms. The van der Waals surface area contributed by atoms with Crippen molar-refractivity contribution >= 4 is 18.4 Å². The molecule has 0 saturated heterocycles. The van der Waals surface area contributed by atoms with Gasteiger partial charge >= 0.3 is 17.5 Å². The van der Waals surface area contributed by atoms with Crippen LogP contribution in [0.1, 0.15) is 13.3 Å². The van der Waals surface area contributed by atoms with E-state index in [1.807, 2.05) is 0 Å². The van der Waals surface area contributed by atoms with Crippen molar-refractivity contribution in [3.63, 3.8) is 0 Å². The van der Waals surface area contributed by atoms with Gasteiger partial charge in [0.15, 0.2) is 0 Å². The summed E-state index contributed by atoms with van der Waals surface area (Å²) in [4.78, 5) is 30.7. The van der Waals surface area contributed by atoms with Gasteiger partial charge in [0.25, 0.3) is 6.47 Å². The summed E-state index contributed by atoms with van der Waals surface area (Å²) >= 11 is 0. The SMILES string of the molecule is CCC(OC=O)(C(=O)O)C(=O)O. The molecule has 0 rings (SSSR count). The molecule has 0 radical (unpaired) electrons. The first-order valence-electron chi connectivity index (χ1n) is 3.09. The summed E-state index contributed by atoms with van der Waals surface area (Å²) in [5, 5.41) is 16.9. The predicted molar refractivity (Wildman–Crippen MR) is 35.4 cm³/mol. The standard InChI is InChI=1S/C6H8O6/c1-2-6(4(8)9,5(10)11)12-3-7/h3H,2H2,1H3,(H,8,9)(H,10,11). The van der Waals surface area contributed by atoms with Gasteiger partial charge in [-0.25, -0.2) is 9.59 Å². The number of carbonyl (C=O) groups is 3. The fourth-order valence-electron chi connectivity index (χ4n) is 0.660. The summed E-state index contributed by atoms with van der Waals surface area (Å²) in [5.74, 6) is -3.38. The van der Waals surface area contributed by atoms with Crippen LogP contribution in [0.25, 0.3) is 0 Å². The first kappa shape index (κ1) is 10.4. The minimum absolute atomic E-state index is 0.189. The van der Waals surface area contributed by atoms with Crippen molar-refractivity contribution in [3.05, 3.63) is 0 Å². The Morgan fingerprint density at radius 1 is 1.42 bits per heavy atom. The highest BCUT2D eigenvalue weighted by atomic mass is 16.6. The molecule has 0 aromatic rings. The maximum Gasteiger partial charge on any atom is 0.360 e. The number of hydrogen-bond donors (Lipinski definition) is 2. The fourth-order valence-corrected chi connectivity index (χ4v) is 0.660. The monoisotopic (exact) mass is 176 g/mol. The molecule has 12 heavy (non-hydrogen) atoms. The Balaban J connectivity index is 4.88. The molecular formula is C6H8O6. The molecule has 0 aliphatic heterocycles. The lowest BCUT2D eigenvalue weighted by molar-refractivity contribution is -0.185. The Morgan fingerprint density at radius 3 is 1.92 bits per heavy atom. The van der Waals surface area contributed by atoms with E-state index in [0.717, 1.165) is 0 Å². The fraction of sp³-hybridized carbons (Fsp3) is 0.500. The number of carbonyl (C=O) groups excluding carboxylic acids is 1. The summed E-state index contributed by atoms with van der Waals surface area (Å²) < 4.78 is 4.02. The van der Waals surface area contributed by atoms with Gasteiger partial charge in [0, 0.05) is 6.42 Å². The maximum absolute atomic E-state index is 10.4. The summed E-state index contributed by atoms with van der Waals surface area (Å²) in [6, 6.07) is 0. The second kappa shape index (κ2) is 3.70. The zero-order valence-electron chi connectivity index (χ0n) is 6.31. The van der Waals surface area contributed by atoms with E-state index in [9.17, 15) is 14.4 Å². The van der Waals surface area contributed by atoms with Gasteiger partial charge in [-0.2, -0.15) is 0 Å². The zero-order chi connectivity index (χ0) is 9.78. The molecular weight excluding hydrogens is 168 g/mol. The minimum Gasteiger partial charge on any atom is -0.478 e. The van der Waals surface area contributed by atoms with E-state index >= 15 is 0 Å². The summed E-state index contributed by atoms with van der Waals surface area (Å²) in [6.45, 7) is 1.11. The summed E-state index contributed by atoms with van der Waals surface area (Å²) in [7, 11) is 0. The third kappa shape index (κ3) is 1.52. The van der Waals surface area contributed by atoms with Crippen LogP contribution in [0.15, 0.2) is 0 Å². The predicted octanol–water partition coefficient (Wildman–Crippen LogP) is -0.523. The summed E-state index contributed by atoms with van der Waals surface area (Å²) in [6.07, 6.45) is -0.323. The van der Waals surface area contributed by atoms with E-state index < -0.39 is 17.5 Å². The maximum atomic E-state index is 10.4. The largest absolute Gasteiger partial charge is 0.478 e. The third-order valence-electron chi connectivity index (χ3n) is 1.44. The highest BCUT2D eigenvalue weighted by Gasteiger charge is 2.47. The molecule has 6 nitrogen and oxygen atoms in total. The van der Waals surface area contributed by atoms with Crippen molar-refractivity contribution < 1.29 is 29.3 Å². The number of aliphatic carboxylic acids is 2. The number of carboxylic acid groups (broad SMARTS) is 2. The first-order chi connectivity index (χ1) is 5.51. The van der Waals surface area contributed by atoms with Gasteiger partial charge < -0.3 is 14.9 Å². The van der Waals surface area contributed by atoms with E-state index in [1.165, 1.54) is 6.92 Å². The molecule has 0 aromatic heterocycles. The van der Waals surface area contributed by atoms with E-state index in [0.29, 0.717) is 0 Å². The normalized spacial score (nSPS) is 10.4. The number of hydrogen-bond acceptors (Lipinski definition) is 4. The van der Waals surface area contributed by atoms with Gasteiger partial charge in [0.05, 0.1) is 0 Å². The smallest absolute Gasteiger partial charge is 0.360 e. The second-order valence-corrected chi connectivity index (χ2v) is 2.00. The van der Waals surface area contributed by atoms with Crippen LogP contribution < -0.4 is 0 Å². The quantitative estimate of drug-likeness (QED) is 0.431. The van der Waals surface area contributed by atoms with Crippen molar-refractivity contribution in [1.29, 1.82) is 0 Å². The molecule has 0 unspecified atom stereocenters. The van der Waals surface area contributed by atoms with Gasteiger partial charge in [-0.3, -0.25) is 4.79 Å². The first-order valence-corrected chi connectivity index (χ1v) is 3.09. The number of ether oxygens (including phenoxy) is 1. The Kier molecular flexibility index (Phi) is 3.21.